The van der Waals surface area contributed by atoms with Gasteiger partial charge < -0.3 is 20.0 Å². The Bertz CT molecular complexity index is 1390. The van der Waals surface area contributed by atoms with Crippen molar-refractivity contribution >= 4 is 46.2 Å². The number of aromatic nitrogens is 1. The van der Waals surface area contributed by atoms with Crippen LogP contribution in [0.2, 0.25) is 5.02 Å². The number of carbonyl (C=O) groups excluding carboxylic acids is 1. The second-order valence-electron chi connectivity index (χ2n) is 8.34. The standard InChI is InChI=1S/C27H23ClN4O2S/c1-16-20(6-5-7-21(16)28)23-13-14-24(34-23)26-25(22-8-3-4-15-29-22)31-27(35)32(26)19-11-9-18(10-12-19)30-17(2)33/h3-15,25-26H,1-2H3,(H,30,33)(H,31,35)/t25-,26-/m1/s1. The monoisotopic (exact) mass is 502 g/mol. The molecule has 5 rings (SSSR count). The van der Waals surface area contributed by atoms with Gasteiger partial charge in [0.05, 0.1) is 11.7 Å². The van der Waals surface area contributed by atoms with E-state index in [-0.39, 0.29) is 18.0 Å². The molecule has 1 amide bonds. The lowest BCUT2D eigenvalue weighted by molar-refractivity contribution is -0.114. The van der Waals surface area contributed by atoms with Crippen LogP contribution < -0.4 is 15.5 Å². The molecule has 1 fully saturated rings. The fourth-order valence-electron chi connectivity index (χ4n) is 4.36. The second kappa shape index (κ2) is 9.52. The number of carbonyl (C=O) groups is 1. The third-order valence-electron chi connectivity index (χ3n) is 6.02. The van der Waals surface area contributed by atoms with Crippen LogP contribution in [0.3, 0.4) is 0 Å². The number of amides is 1. The number of hydrogen-bond acceptors (Lipinski definition) is 4. The number of rotatable bonds is 5. The van der Waals surface area contributed by atoms with Crippen molar-refractivity contribution < 1.29 is 9.21 Å². The average Bonchev–Trinajstić information content (AvgIpc) is 3.46. The number of anilines is 2. The van der Waals surface area contributed by atoms with Crippen LogP contribution in [0.25, 0.3) is 11.3 Å². The van der Waals surface area contributed by atoms with Crippen LogP contribution in [0, 0.1) is 6.92 Å². The van der Waals surface area contributed by atoms with E-state index in [2.05, 4.69) is 15.6 Å². The van der Waals surface area contributed by atoms with Crippen molar-refractivity contribution in [3.05, 3.63) is 101 Å². The molecule has 2 N–H and O–H groups in total. The van der Waals surface area contributed by atoms with E-state index >= 15 is 0 Å². The Labute approximate surface area is 213 Å². The minimum atomic E-state index is -0.280. The summed E-state index contributed by atoms with van der Waals surface area (Å²) in [6.45, 7) is 3.46. The first-order chi connectivity index (χ1) is 16.9. The molecular formula is C27H23ClN4O2S. The maximum atomic E-state index is 11.4. The normalized spacial score (nSPS) is 17.3. The molecule has 2 aromatic carbocycles. The molecule has 8 heteroatoms. The van der Waals surface area contributed by atoms with Gasteiger partial charge in [0.1, 0.15) is 17.6 Å². The zero-order valence-corrected chi connectivity index (χ0v) is 20.7. The SMILES string of the molecule is CC(=O)Nc1ccc(N2C(=S)N[C@H](c3ccccn3)[C@H]2c2ccc(-c3cccc(Cl)c3C)o2)cc1. The van der Waals surface area contributed by atoms with Gasteiger partial charge in [0.15, 0.2) is 5.11 Å². The smallest absolute Gasteiger partial charge is 0.221 e. The van der Waals surface area contributed by atoms with Crippen LogP contribution >= 0.6 is 23.8 Å². The summed E-state index contributed by atoms with van der Waals surface area (Å²) >= 11 is 12.1. The molecule has 4 aromatic rings. The first-order valence-corrected chi connectivity index (χ1v) is 11.9. The van der Waals surface area contributed by atoms with Gasteiger partial charge in [-0.05, 0) is 79.3 Å². The first-order valence-electron chi connectivity index (χ1n) is 11.2. The molecule has 176 valence electrons. The summed E-state index contributed by atoms with van der Waals surface area (Å²) in [6, 6.07) is 22.6. The van der Waals surface area contributed by atoms with Crippen molar-refractivity contribution in [2.24, 2.45) is 0 Å². The minimum Gasteiger partial charge on any atom is -0.459 e. The molecule has 1 saturated heterocycles. The number of furan rings is 1. The Kier molecular flexibility index (Phi) is 6.28. The van der Waals surface area contributed by atoms with Gasteiger partial charge in [-0.15, -0.1) is 0 Å². The highest BCUT2D eigenvalue weighted by Crippen LogP contribution is 2.43. The van der Waals surface area contributed by atoms with Crippen LogP contribution in [0.15, 0.2) is 83.4 Å². The zero-order valence-electron chi connectivity index (χ0n) is 19.2. The largest absolute Gasteiger partial charge is 0.459 e. The number of benzene rings is 2. The summed E-state index contributed by atoms with van der Waals surface area (Å²) in [6.07, 6.45) is 1.77. The molecule has 0 spiro atoms. The van der Waals surface area contributed by atoms with E-state index in [1.165, 1.54) is 6.92 Å². The fourth-order valence-corrected chi connectivity index (χ4v) is 4.88. The molecule has 0 bridgehead atoms. The number of halogens is 1. The Morgan fingerprint density at radius 3 is 2.60 bits per heavy atom. The molecule has 35 heavy (non-hydrogen) atoms. The summed E-state index contributed by atoms with van der Waals surface area (Å²) < 4.78 is 6.43. The highest BCUT2D eigenvalue weighted by molar-refractivity contribution is 7.80. The molecule has 2 aromatic heterocycles. The van der Waals surface area contributed by atoms with Crippen LogP contribution in [-0.2, 0) is 4.79 Å². The van der Waals surface area contributed by atoms with Gasteiger partial charge in [-0.3, -0.25) is 9.78 Å². The van der Waals surface area contributed by atoms with Crippen LogP contribution in [0.5, 0.6) is 0 Å². The van der Waals surface area contributed by atoms with Gasteiger partial charge in [-0.25, -0.2) is 0 Å². The predicted octanol–water partition coefficient (Wildman–Crippen LogP) is 6.44. The average molecular weight is 503 g/mol. The third-order valence-corrected chi connectivity index (χ3v) is 6.74. The minimum absolute atomic E-state index is 0.122. The molecule has 3 heterocycles. The maximum Gasteiger partial charge on any atom is 0.221 e. The summed E-state index contributed by atoms with van der Waals surface area (Å²) in [5, 5.41) is 7.48. The highest BCUT2D eigenvalue weighted by Gasteiger charge is 2.42. The topological polar surface area (TPSA) is 70.4 Å². The van der Waals surface area contributed by atoms with Crippen molar-refractivity contribution in [2.75, 3.05) is 10.2 Å². The van der Waals surface area contributed by atoms with Crippen molar-refractivity contribution in [3.8, 4) is 11.3 Å². The summed E-state index contributed by atoms with van der Waals surface area (Å²) in [4.78, 5) is 18.0. The molecule has 0 aliphatic carbocycles. The lowest BCUT2D eigenvalue weighted by atomic mass is 10.0. The van der Waals surface area contributed by atoms with Gasteiger partial charge >= 0.3 is 0 Å². The van der Waals surface area contributed by atoms with Gasteiger partial charge in [0, 0.05) is 35.1 Å². The van der Waals surface area contributed by atoms with Crippen LogP contribution in [0.4, 0.5) is 11.4 Å². The van der Waals surface area contributed by atoms with Gasteiger partial charge in [-0.1, -0.05) is 29.8 Å². The van der Waals surface area contributed by atoms with E-state index < -0.39 is 0 Å². The lowest BCUT2D eigenvalue weighted by Crippen LogP contribution is -2.29. The Hall–Kier alpha value is -3.68. The second-order valence-corrected chi connectivity index (χ2v) is 9.13. The van der Waals surface area contributed by atoms with E-state index in [1.807, 2.05) is 84.6 Å². The van der Waals surface area contributed by atoms with Crippen molar-refractivity contribution in [3.63, 3.8) is 0 Å². The van der Waals surface area contributed by atoms with E-state index in [4.69, 9.17) is 28.2 Å². The molecule has 0 radical (unpaired) electrons. The van der Waals surface area contributed by atoms with E-state index in [9.17, 15) is 4.79 Å². The molecule has 1 aliphatic heterocycles. The van der Waals surface area contributed by atoms with Crippen LogP contribution in [0.1, 0.15) is 36.0 Å². The number of nitrogens with zero attached hydrogens (tertiary/aromatic N) is 2. The van der Waals surface area contributed by atoms with Crippen molar-refractivity contribution in [1.82, 2.24) is 10.3 Å². The van der Waals surface area contributed by atoms with E-state index in [0.717, 1.165) is 34.0 Å². The Balaban J connectivity index is 1.57. The molecule has 0 saturated carbocycles. The summed E-state index contributed by atoms with van der Waals surface area (Å²) in [5.74, 6) is 1.36. The van der Waals surface area contributed by atoms with E-state index in [1.54, 1.807) is 6.20 Å². The van der Waals surface area contributed by atoms with Gasteiger partial charge in [0.25, 0.3) is 0 Å². The number of hydrogen-bond donors (Lipinski definition) is 2. The quantitative estimate of drug-likeness (QED) is 0.306. The van der Waals surface area contributed by atoms with E-state index in [0.29, 0.717) is 15.8 Å². The number of nitrogens with one attached hydrogen (secondary N) is 2. The predicted molar refractivity (Wildman–Crippen MR) is 143 cm³/mol. The molecule has 1 aliphatic rings. The van der Waals surface area contributed by atoms with Gasteiger partial charge in [0.2, 0.25) is 5.91 Å². The fraction of sp³-hybridized carbons (Fsp3) is 0.148. The Morgan fingerprint density at radius 2 is 1.89 bits per heavy atom. The molecule has 0 unspecified atom stereocenters. The summed E-state index contributed by atoms with van der Waals surface area (Å²) in [7, 11) is 0. The highest BCUT2D eigenvalue weighted by atomic mass is 35.5. The lowest BCUT2D eigenvalue weighted by Gasteiger charge is -2.26. The maximum absolute atomic E-state index is 11.4. The molecule has 2 atom stereocenters. The summed E-state index contributed by atoms with van der Waals surface area (Å²) in [5.41, 5.74) is 4.35. The third kappa shape index (κ3) is 4.52. The van der Waals surface area contributed by atoms with Crippen molar-refractivity contribution in [1.29, 1.82) is 0 Å². The molecular weight excluding hydrogens is 480 g/mol. The molecule has 6 nitrogen and oxygen atoms in total. The first kappa shape index (κ1) is 23.1. The van der Waals surface area contributed by atoms with Gasteiger partial charge in [-0.2, -0.15) is 0 Å². The Morgan fingerprint density at radius 1 is 1.09 bits per heavy atom. The zero-order chi connectivity index (χ0) is 24.5. The number of pyridine rings is 1. The van der Waals surface area contributed by atoms with Crippen LogP contribution in [-0.4, -0.2) is 16.0 Å². The van der Waals surface area contributed by atoms with Crippen molar-refractivity contribution in [2.45, 2.75) is 25.9 Å². The number of thiocarbonyl (C=S) groups is 1.